The summed E-state index contributed by atoms with van der Waals surface area (Å²) in [4.78, 5) is 16.9. The molecule has 2 heterocycles. The van der Waals surface area contributed by atoms with Gasteiger partial charge >= 0.3 is 0 Å². The molecule has 0 radical (unpaired) electrons. The molecule has 1 atom stereocenters. The van der Waals surface area contributed by atoms with Crippen molar-refractivity contribution in [2.45, 2.75) is 33.0 Å². The zero-order chi connectivity index (χ0) is 18.7. The first-order valence-electron chi connectivity index (χ1n) is 8.86. The lowest BCUT2D eigenvalue weighted by molar-refractivity contribution is -0.125. The standard InChI is InChI=1S/C20H24N4O2/c1-4-22-13-16(11-18(22)12-21)14-23-9-10-24(20(25)15(23)2)17-5-7-19(26-3)8-6-17/h5-8,11,13,15H,4,9-10,14H2,1-3H3. The maximum absolute atomic E-state index is 12.9. The maximum Gasteiger partial charge on any atom is 0.244 e. The molecule has 0 saturated carbocycles. The average Bonchev–Trinajstić information content (AvgIpc) is 3.08. The number of amides is 1. The van der Waals surface area contributed by atoms with Gasteiger partial charge in [0.2, 0.25) is 5.91 Å². The van der Waals surface area contributed by atoms with Crippen LogP contribution in [0.25, 0.3) is 0 Å². The number of aromatic nitrogens is 1. The van der Waals surface area contributed by atoms with Gasteiger partial charge in [-0.05, 0) is 49.7 Å². The molecule has 3 rings (SSSR count). The molecule has 1 aliphatic rings. The van der Waals surface area contributed by atoms with E-state index in [1.165, 1.54) is 0 Å². The summed E-state index contributed by atoms with van der Waals surface area (Å²) in [6.45, 7) is 6.84. The van der Waals surface area contributed by atoms with Crippen LogP contribution in [0.5, 0.6) is 5.75 Å². The van der Waals surface area contributed by atoms with Crippen molar-refractivity contribution < 1.29 is 9.53 Å². The molecule has 26 heavy (non-hydrogen) atoms. The van der Waals surface area contributed by atoms with Crippen molar-refractivity contribution in [2.75, 3.05) is 25.1 Å². The molecular weight excluding hydrogens is 328 g/mol. The molecule has 0 spiro atoms. The van der Waals surface area contributed by atoms with E-state index in [1.54, 1.807) is 7.11 Å². The van der Waals surface area contributed by atoms with Crippen LogP contribution in [-0.4, -0.2) is 41.6 Å². The summed E-state index contributed by atoms with van der Waals surface area (Å²) in [5.74, 6) is 0.874. The normalized spacial score (nSPS) is 18.0. The number of nitrogens with zero attached hydrogens (tertiary/aromatic N) is 4. The largest absolute Gasteiger partial charge is 0.497 e. The lowest BCUT2D eigenvalue weighted by Gasteiger charge is -2.39. The summed E-state index contributed by atoms with van der Waals surface area (Å²) >= 11 is 0. The predicted molar refractivity (Wildman–Crippen MR) is 100 cm³/mol. The number of benzene rings is 1. The van der Waals surface area contributed by atoms with E-state index in [0.29, 0.717) is 18.8 Å². The highest BCUT2D eigenvalue weighted by atomic mass is 16.5. The number of ether oxygens (including phenoxy) is 1. The Hall–Kier alpha value is -2.78. The second-order valence-electron chi connectivity index (χ2n) is 6.47. The Morgan fingerprint density at radius 3 is 2.58 bits per heavy atom. The number of methoxy groups -OCH3 is 1. The van der Waals surface area contributed by atoms with Crippen LogP contribution < -0.4 is 9.64 Å². The molecule has 6 heteroatoms. The van der Waals surface area contributed by atoms with Crippen molar-refractivity contribution in [1.82, 2.24) is 9.47 Å². The van der Waals surface area contributed by atoms with Crippen LogP contribution >= 0.6 is 0 Å². The van der Waals surface area contributed by atoms with E-state index in [1.807, 2.05) is 59.8 Å². The lowest BCUT2D eigenvalue weighted by atomic mass is 10.1. The van der Waals surface area contributed by atoms with Gasteiger partial charge in [0.05, 0.1) is 13.2 Å². The smallest absolute Gasteiger partial charge is 0.244 e. The average molecular weight is 352 g/mol. The van der Waals surface area contributed by atoms with Gasteiger partial charge in [-0.15, -0.1) is 0 Å². The van der Waals surface area contributed by atoms with Crippen molar-refractivity contribution in [3.8, 4) is 11.8 Å². The maximum atomic E-state index is 12.9. The molecule has 0 aliphatic carbocycles. The van der Waals surface area contributed by atoms with Gasteiger partial charge in [-0.1, -0.05) is 0 Å². The van der Waals surface area contributed by atoms with E-state index in [9.17, 15) is 10.1 Å². The molecule has 1 saturated heterocycles. The minimum absolute atomic E-state index is 0.0943. The molecule has 136 valence electrons. The molecule has 1 unspecified atom stereocenters. The Morgan fingerprint density at radius 1 is 1.27 bits per heavy atom. The first-order chi connectivity index (χ1) is 12.6. The SMILES string of the molecule is CCn1cc(CN2CCN(c3ccc(OC)cc3)C(=O)C2C)cc1C#N. The Labute approximate surface area is 154 Å². The van der Waals surface area contributed by atoms with E-state index in [4.69, 9.17) is 4.74 Å². The summed E-state index contributed by atoms with van der Waals surface area (Å²) < 4.78 is 7.12. The number of anilines is 1. The number of piperazine rings is 1. The highest BCUT2D eigenvalue weighted by molar-refractivity contribution is 5.97. The minimum Gasteiger partial charge on any atom is -0.497 e. The molecular formula is C20H24N4O2. The van der Waals surface area contributed by atoms with Crippen LogP contribution in [0.3, 0.4) is 0 Å². The number of carbonyl (C=O) groups is 1. The molecule has 1 aromatic carbocycles. The van der Waals surface area contributed by atoms with E-state index < -0.39 is 0 Å². The fourth-order valence-corrected chi connectivity index (χ4v) is 3.39. The van der Waals surface area contributed by atoms with Crippen molar-refractivity contribution >= 4 is 11.6 Å². The van der Waals surface area contributed by atoms with Crippen LogP contribution in [0.2, 0.25) is 0 Å². The van der Waals surface area contributed by atoms with Crippen molar-refractivity contribution in [3.63, 3.8) is 0 Å². The highest BCUT2D eigenvalue weighted by Gasteiger charge is 2.32. The number of aryl methyl sites for hydroxylation is 1. The molecule has 6 nitrogen and oxygen atoms in total. The zero-order valence-corrected chi connectivity index (χ0v) is 15.5. The van der Waals surface area contributed by atoms with Gasteiger partial charge in [0.25, 0.3) is 0 Å². The Morgan fingerprint density at radius 2 is 2.00 bits per heavy atom. The number of nitriles is 1. The second-order valence-corrected chi connectivity index (χ2v) is 6.47. The molecule has 0 N–H and O–H groups in total. The minimum atomic E-state index is -0.207. The molecule has 1 aromatic heterocycles. The molecule has 1 aliphatic heterocycles. The van der Waals surface area contributed by atoms with Gasteiger partial charge < -0.3 is 14.2 Å². The van der Waals surface area contributed by atoms with Crippen LogP contribution in [0, 0.1) is 11.3 Å². The summed E-state index contributed by atoms with van der Waals surface area (Å²) in [6.07, 6.45) is 2.01. The van der Waals surface area contributed by atoms with Crippen molar-refractivity contribution in [2.24, 2.45) is 0 Å². The zero-order valence-electron chi connectivity index (χ0n) is 15.5. The summed E-state index contributed by atoms with van der Waals surface area (Å²) in [7, 11) is 1.63. The summed E-state index contributed by atoms with van der Waals surface area (Å²) in [5, 5.41) is 9.21. The van der Waals surface area contributed by atoms with Gasteiger partial charge in [0.1, 0.15) is 17.5 Å². The summed E-state index contributed by atoms with van der Waals surface area (Å²) in [6, 6.07) is 11.5. The van der Waals surface area contributed by atoms with Gasteiger partial charge in [-0.3, -0.25) is 9.69 Å². The Kier molecular flexibility index (Phi) is 5.29. The fraction of sp³-hybridized carbons (Fsp3) is 0.400. The fourth-order valence-electron chi connectivity index (χ4n) is 3.39. The van der Waals surface area contributed by atoms with Gasteiger partial charge in [0.15, 0.2) is 0 Å². The number of hydrogen-bond acceptors (Lipinski definition) is 4. The molecule has 0 bridgehead atoms. The van der Waals surface area contributed by atoms with Crippen molar-refractivity contribution in [3.05, 3.63) is 47.8 Å². The van der Waals surface area contributed by atoms with Crippen LogP contribution in [0.4, 0.5) is 5.69 Å². The third-order valence-corrected chi connectivity index (χ3v) is 4.96. The van der Waals surface area contributed by atoms with E-state index in [0.717, 1.165) is 30.1 Å². The van der Waals surface area contributed by atoms with Crippen LogP contribution in [0.1, 0.15) is 25.1 Å². The number of hydrogen-bond donors (Lipinski definition) is 0. The quantitative estimate of drug-likeness (QED) is 0.830. The first-order valence-corrected chi connectivity index (χ1v) is 8.86. The molecule has 1 amide bonds. The van der Waals surface area contributed by atoms with Crippen LogP contribution in [0.15, 0.2) is 36.5 Å². The highest BCUT2D eigenvalue weighted by Crippen LogP contribution is 2.24. The predicted octanol–water partition coefficient (Wildman–Crippen LogP) is 2.63. The van der Waals surface area contributed by atoms with Gasteiger partial charge in [0, 0.05) is 38.1 Å². The van der Waals surface area contributed by atoms with Crippen molar-refractivity contribution in [1.29, 1.82) is 5.26 Å². The van der Waals surface area contributed by atoms with Gasteiger partial charge in [-0.2, -0.15) is 5.26 Å². The van der Waals surface area contributed by atoms with Gasteiger partial charge in [-0.25, -0.2) is 0 Å². The third-order valence-electron chi connectivity index (χ3n) is 4.96. The van der Waals surface area contributed by atoms with E-state index in [-0.39, 0.29) is 11.9 Å². The van der Waals surface area contributed by atoms with Crippen LogP contribution in [-0.2, 0) is 17.9 Å². The number of rotatable bonds is 5. The van der Waals surface area contributed by atoms with E-state index >= 15 is 0 Å². The monoisotopic (exact) mass is 352 g/mol. The molecule has 2 aromatic rings. The Bertz CT molecular complexity index is 819. The topological polar surface area (TPSA) is 61.5 Å². The first kappa shape index (κ1) is 18.0. The summed E-state index contributed by atoms with van der Waals surface area (Å²) in [5.41, 5.74) is 2.63. The number of carbonyl (C=O) groups excluding carboxylic acids is 1. The van der Waals surface area contributed by atoms with E-state index in [2.05, 4.69) is 11.0 Å². The Balaban J connectivity index is 1.71. The second kappa shape index (κ2) is 7.63. The molecule has 1 fully saturated rings. The lowest BCUT2D eigenvalue weighted by Crippen LogP contribution is -2.55. The third kappa shape index (κ3) is 3.44.